The molecule has 2 aromatic heterocycles. The third-order valence-corrected chi connectivity index (χ3v) is 6.05. The van der Waals surface area contributed by atoms with E-state index in [-0.39, 0.29) is 17.5 Å². The highest BCUT2D eigenvalue weighted by Crippen LogP contribution is 2.42. The lowest BCUT2D eigenvalue weighted by atomic mass is 9.67. The molecule has 0 radical (unpaired) electrons. The molecule has 2 aliphatic carbocycles. The van der Waals surface area contributed by atoms with Crippen molar-refractivity contribution in [2.75, 3.05) is 0 Å². The number of nitrogens with one attached hydrogen (secondary N) is 1. The van der Waals surface area contributed by atoms with E-state index in [9.17, 15) is 4.79 Å². The largest absolute Gasteiger partial charge is 0.349 e. The quantitative estimate of drug-likeness (QED) is 0.896. The molecule has 2 heterocycles. The van der Waals surface area contributed by atoms with E-state index in [1.807, 2.05) is 16.9 Å². The Bertz CT molecular complexity index is 783. The van der Waals surface area contributed by atoms with Crippen LogP contribution in [-0.2, 0) is 5.54 Å². The summed E-state index contributed by atoms with van der Waals surface area (Å²) < 4.78 is 3.62. The van der Waals surface area contributed by atoms with Crippen LogP contribution in [0.5, 0.6) is 0 Å². The second-order valence-corrected chi connectivity index (χ2v) is 9.60. The van der Waals surface area contributed by atoms with Crippen LogP contribution in [0.3, 0.4) is 0 Å². The predicted octanol–water partition coefficient (Wildman–Crippen LogP) is 3.77. The number of aromatic nitrogens is 4. The summed E-state index contributed by atoms with van der Waals surface area (Å²) in [6.07, 6.45) is 11.5. The van der Waals surface area contributed by atoms with Gasteiger partial charge in [-0.05, 0) is 76.7 Å². The Balaban J connectivity index is 1.57. The van der Waals surface area contributed by atoms with Crippen LogP contribution in [0.4, 0.5) is 0 Å². The normalized spacial score (nSPS) is 28.1. The maximum atomic E-state index is 13.1. The summed E-state index contributed by atoms with van der Waals surface area (Å²) in [5, 5.41) is 12.2. The SMILES string of the molecule is CC1CC2CC(C1)CC(NC(=O)c1cnn(C(C)(C)C)c1-n1cccn1)C2. The van der Waals surface area contributed by atoms with Crippen LogP contribution in [0.1, 0.15) is 70.2 Å². The third-order valence-electron chi connectivity index (χ3n) is 6.05. The van der Waals surface area contributed by atoms with Crippen LogP contribution in [0, 0.1) is 17.8 Å². The topological polar surface area (TPSA) is 64.7 Å². The first-order valence-electron chi connectivity index (χ1n) is 10.2. The number of rotatable bonds is 3. The first-order chi connectivity index (χ1) is 12.8. The number of carbonyl (C=O) groups excluding carboxylic acids is 1. The molecular weight excluding hydrogens is 338 g/mol. The van der Waals surface area contributed by atoms with Crippen molar-refractivity contribution in [3.05, 3.63) is 30.2 Å². The molecule has 146 valence electrons. The highest BCUT2D eigenvalue weighted by Gasteiger charge is 2.36. The summed E-state index contributed by atoms with van der Waals surface area (Å²) in [7, 11) is 0. The molecule has 2 fully saturated rings. The standard InChI is InChI=1S/C21H31N5O/c1-14-8-15-10-16(9-14)12-17(11-15)24-19(27)18-13-23-26(21(2,3)4)20(18)25-7-5-6-22-25/h5-7,13-17H,8-12H2,1-4H3,(H,24,27). The maximum Gasteiger partial charge on any atom is 0.256 e. The minimum absolute atomic E-state index is 0.0333. The average molecular weight is 370 g/mol. The minimum Gasteiger partial charge on any atom is -0.349 e. The fourth-order valence-electron chi connectivity index (χ4n) is 5.17. The van der Waals surface area contributed by atoms with Gasteiger partial charge in [-0.15, -0.1) is 0 Å². The van der Waals surface area contributed by atoms with Gasteiger partial charge < -0.3 is 5.32 Å². The zero-order valence-electron chi connectivity index (χ0n) is 16.9. The summed E-state index contributed by atoms with van der Waals surface area (Å²) in [6, 6.07) is 2.14. The average Bonchev–Trinajstić information content (AvgIpc) is 3.22. The molecule has 2 aromatic rings. The highest BCUT2D eigenvalue weighted by molar-refractivity contribution is 5.97. The van der Waals surface area contributed by atoms with Crippen LogP contribution < -0.4 is 5.32 Å². The van der Waals surface area contributed by atoms with Crippen molar-refractivity contribution in [2.24, 2.45) is 17.8 Å². The molecule has 2 unspecified atom stereocenters. The lowest BCUT2D eigenvalue weighted by Crippen LogP contribution is -2.43. The summed E-state index contributed by atoms with van der Waals surface area (Å²) in [5.74, 6) is 3.06. The molecule has 1 N–H and O–H groups in total. The lowest BCUT2D eigenvalue weighted by molar-refractivity contribution is 0.0841. The van der Waals surface area contributed by atoms with Gasteiger partial charge in [0, 0.05) is 18.4 Å². The molecule has 1 amide bonds. The zero-order chi connectivity index (χ0) is 19.2. The molecule has 0 saturated heterocycles. The fraction of sp³-hybridized carbons (Fsp3) is 0.667. The first kappa shape index (κ1) is 18.3. The lowest BCUT2D eigenvalue weighted by Gasteiger charge is -2.41. The van der Waals surface area contributed by atoms with E-state index in [4.69, 9.17) is 0 Å². The summed E-state index contributed by atoms with van der Waals surface area (Å²) in [5.41, 5.74) is 0.357. The molecule has 0 aromatic carbocycles. The van der Waals surface area contributed by atoms with Crippen LogP contribution in [0.2, 0.25) is 0 Å². The van der Waals surface area contributed by atoms with E-state index < -0.39 is 0 Å². The highest BCUT2D eigenvalue weighted by atomic mass is 16.1. The van der Waals surface area contributed by atoms with Gasteiger partial charge in [0.15, 0.2) is 5.82 Å². The Kier molecular flexibility index (Phi) is 4.60. The van der Waals surface area contributed by atoms with Gasteiger partial charge in [-0.2, -0.15) is 10.2 Å². The molecule has 2 atom stereocenters. The van der Waals surface area contributed by atoms with Crippen LogP contribution >= 0.6 is 0 Å². The van der Waals surface area contributed by atoms with Crippen molar-refractivity contribution in [1.82, 2.24) is 24.9 Å². The molecule has 0 aliphatic heterocycles. The van der Waals surface area contributed by atoms with E-state index in [1.54, 1.807) is 17.1 Å². The summed E-state index contributed by atoms with van der Waals surface area (Å²) in [4.78, 5) is 13.1. The van der Waals surface area contributed by atoms with Crippen LogP contribution in [0.25, 0.3) is 5.82 Å². The number of carbonyl (C=O) groups is 1. The third kappa shape index (κ3) is 3.66. The van der Waals surface area contributed by atoms with Gasteiger partial charge in [-0.25, -0.2) is 9.36 Å². The van der Waals surface area contributed by atoms with Gasteiger partial charge in [0.1, 0.15) is 5.56 Å². The second-order valence-electron chi connectivity index (χ2n) is 9.60. The van der Waals surface area contributed by atoms with Crippen LogP contribution in [-0.4, -0.2) is 31.5 Å². The smallest absolute Gasteiger partial charge is 0.256 e. The molecule has 0 spiro atoms. The van der Waals surface area contributed by atoms with Crippen molar-refractivity contribution in [1.29, 1.82) is 0 Å². The number of nitrogens with zero attached hydrogens (tertiary/aromatic N) is 4. The molecule has 6 nitrogen and oxygen atoms in total. The van der Waals surface area contributed by atoms with Crippen molar-refractivity contribution in [3.8, 4) is 5.82 Å². The van der Waals surface area contributed by atoms with Crippen molar-refractivity contribution < 1.29 is 4.79 Å². The Morgan fingerprint density at radius 2 is 1.81 bits per heavy atom. The Hall–Kier alpha value is -2.11. The van der Waals surface area contributed by atoms with E-state index in [0.29, 0.717) is 5.56 Å². The molecule has 27 heavy (non-hydrogen) atoms. The van der Waals surface area contributed by atoms with Gasteiger partial charge in [-0.1, -0.05) is 6.92 Å². The number of hydrogen-bond donors (Lipinski definition) is 1. The molecule has 4 rings (SSSR count). The second kappa shape index (κ2) is 6.80. The van der Waals surface area contributed by atoms with E-state index in [1.165, 1.54) is 19.3 Å². The monoisotopic (exact) mass is 369 g/mol. The Labute approximate surface area is 161 Å². The van der Waals surface area contributed by atoms with Gasteiger partial charge in [-0.3, -0.25) is 4.79 Å². The van der Waals surface area contributed by atoms with Crippen molar-refractivity contribution >= 4 is 5.91 Å². The minimum atomic E-state index is -0.238. The van der Waals surface area contributed by atoms with E-state index in [2.05, 4.69) is 43.2 Å². The number of fused-ring (bicyclic) bond motifs is 2. The van der Waals surface area contributed by atoms with Crippen LogP contribution in [0.15, 0.2) is 24.7 Å². The first-order valence-corrected chi connectivity index (χ1v) is 10.2. The molecule has 2 bridgehead atoms. The molecule has 2 aliphatic rings. The van der Waals surface area contributed by atoms with Crippen molar-refractivity contribution in [2.45, 2.75) is 71.4 Å². The molecular formula is C21H31N5O. The number of hydrogen-bond acceptors (Lipinski definition) is 3. The van der Waals surface area contributed by atoms with Gasteiger partial charge >= 0.3 is 0 Å². The number of amides is 1. The van der Waals surface area contributed by atoms with Crippen molar-refractivity contribution in [3.63, 3.8) is 0 Å². The van der Waals surface area contributed by atoms with E-state index >= 15 is 0 Å². The molecule has 2 saturated carbocycles. The zero-order valence-corrected chi connectivity index (χ0v) is 16.9. The predicted molar refractivity (Wildman–Crippen MR) is 105 cm³/mol. The fourth-order valence-corrected chi connectivity index (χ4v) is 5.17. The van der Waals surface area contributed by atoms with Gasteiger partial charge in [0.05, 0.1) is 11.7 Å². The Morgan fingerprint density at radius 1 is 1.11 bits per heavy atom. The summed E-state index contributed by atoms with van der Waals surface area (Å²) >= 11 is 0. The molecule has 6 heteroatoms. The Morgan fingerprint density at radius 3 is 2.41 bits per heavy atom. The maximum absolute atomic E-state index is 13.1. The van der Waals surface area contributed by atoms with Gasteiger partial charge in [0.25, 0.3) is 5.91 Å². The van der Waals surface area contributed by atoms with Gasteiger partial charge in [0.2, 0.25) is 0 Å². The van der Waals surface area contributed by atoms with E-state index in [0.717, 1.165) is 36.4 Å². The summed E-state index contributed by atoms with van der Waals surface area (Å²) in [6.45, 7) is 8.61.